The molecule has 0 radical (unpaired) electrons. The van der Waals surface area contributed by atoms with Crippen molar-refractivity contribution in [3.63, 3.8) is 0 Å². The monoisotopic (exact) mass is 376 g/mol. The Labute approximate surface area is 163 Å². The van der Waals surface area contributed by atoms with Crippen LogP contribution in [-0.2, 0) is 9.53 Å². The molecule has 0 amide bonds. The fraction of sp³-hybridized carbons (Fsp3) is 0.182. The number of carbonyl (C=O) groups excluding carboxylic acids is 1. The van der Waals surface area contributed by atoms with E-state index in [2.05, 4.69) is 13.2 Å². The van der Waals surface area contributed by atoms with Crippen LogP contribution in [0.2, 0.25) is 0 Å². The number of hydrogen-bond donors (Lipinski definition) is 0. The lowest BCUT2D eigenvalue weighted by molar-refractivity contribution is -0.384. The number of benzene rings is 2. The first-order valence-corrected chi connectivity index (χ1v) is 8.85. The van der Waals surface area contributed by atoms with Gasteiger partial charge in [-0.15, -0.1) is 13.2 Å². The number of nitro benzene ring substituents is 1. The lowest BCUT2D eigenvalue weighted by Gasteiger charge is -2.30. The summed E-state index contributed by atoms with van der Waals surface area (Å²) in [5.41, 5.74) is 0.253. The number of rotatable bonds is 8. The fourth-order valence-corrected chi connectivity index (χ4v) is 3.44. The van der Waals surface area contributed by atoms with Crippen LogP contribution < -0.4 is 0 Å². The molecule has 1 aliphatic rings. The highest BCUT2D eigenvalue weighted by atomic mass is 16.6. The Bertz CT molecular complexity index is 935. The van der Waals surface area contributed by atoms with E-state index < -0.39 is 22.3 Å². The van der Waals surface area contributed by atoms with E-state index in [4.69, 9.17) is 9.73 Å². The standard InChI is InChI=1S/C22H20N2O4/c1-3-8-19(16-11-13-18(14-12-16)24(26)27)22(15-4-2)21(25)28-20(23-22)17-9-6-5-7-10-17/h3-7,9-14,19H,1-2,8,15H2/t19-,22+/m0/s1. The summed E-state index contributed by atoms with van der Waals surface area (Å²) in [5.74, 6) is -0.586. The molecule has 6 nitrogen and oxygen atoms in total. The molecule has 0 N–H and O–H groups in total. The second-order valence-electron chi connectivity index (χ2n) is 6.52. The van der Waals surface area contributed by atoms with E-state index in [-0.39, 0.29) is 18.0 Å². The van der Waals surface area contributed by atoms with E-state index in [1.54, 1.807) is 24.3 Å². The number of cyclic esters (lactones) is 1. The quantitative estimate of drug-likeness (QED) is 0.292. The number of carbonyl (C=O) groups is 1. The second kappa shape index (κ2) is 8.00. The average Bonchev–Trinajstić information content (AvgIpc) is 3.04. The van der Waals surface area contributed by atoms with Crippen molar-refractivity contribution >= 4 is 17.6 Å². The maximum absolute atomic E-state index is 13.0. The Kier molecular flexibility index (Phi) is 5.49. The Morgan fingerprint density at radius 2 is 1.79 bits per heavy atom. The molecule has 0 saturated heterocycles. The van der Waals surface area contributed by atoms with Gasteiger partial charge in [0.15, 0.2) is 5.54 Å². The van der Waals surface area contributed by atoms with E-state index in [0.717, 1.165) is 5.56 Å². The number of esters is 1. The van der Waals surface area contributed by atoms with Crippen molar-refractivity contribution < 1.29 is 14.5 Å². The molecule has 0 unspecified atom stereocenters. The first-order chi connectivity index (χ1) is 13.5. The molecule has 0 aliphatic carbocycles. The SMILES string of the molecule is C=CC[C@@H](c1ccc([N+](=O)[O-])cc1)[C@@]1(CC=C)N=C(c2ccccc2)OC1=O. The summed E-state index contributed by atoms with van der Waals surface area (Å²) in [7, 11) is 0. The van der Waals surface area contributed by atoms with Gasteiger partial charge in [-0.2, -0.15) is 0 Å². The van der Waals surface area contributed by atoms with Crippen LogP contribution in [0.4, 0.5) is 5.69 Å². The van der Waals surface area contributed by atoms with Crippen LogP contribution >= 0.6 is 0 Å². The minimum atomic E-state index is -1.20. The first kappa shape index (κ1) is 19.2. The molecule has 3 rings (SSSR count). The number of hydrogen-bond acceptors (Lipinski definition) is 5. The van der Waals surface area contributed by atoms with Gasteiger partial charge in [0.1, 0.15) is 0 Å². The maximum Gasteiger partial charge on any atom is 0.341 e. The number of non-ortho nitro benzene ring substituents is 1. The predicted molar refractivity (Wildman–Crippen MR) is 107 cm³/mol. The molecule has 0 bridgehead atoms. The zero-order valence-electron chi connectivity index (χ0n) is 15.3. The number of allylic oxidation sites excluding steroid dienone is 1. The van der Waals surface area contributed by atoms with Crippen molar-refractivity contribution in [1.82, 2.24) is 0 Å². The molecule has 0 fully saturated rings. The average molecular weight is 376 g/mol. The minimum Gasteiger partial charge on any atom is -0.405 e. The topological polar surface area (TPSA) is 81.8 Å². The van der Waals surface area contributed by atoms with E-state index in [1.807, 2.05) is 30.3 Å². The zero-order valence-corrected chi connectivity index (χ0v) is 15.3. The second-order valence-corrected chi connectivity index (χ2v) is 6.52. The van der Waals surface area contributed by atoms with Crippen molar-refractivity contribution in [2.24, 2.45) is 4.99 Å². The molecule has 6 heteroatoms. The van der Waals surface area contributed by atoms with Gasteiger partial charge in [-0.3, -0.25) is 10.1 Å². The lowest BCUT2D eigenvalue weighted by Crippen LogP contribution is -2.40. The number of ether oxygens (including phenoxy) is 1. The summed E-state index contributed by atoms with van der Waals surface area (Å²) in [5, 5.41) is 11.0. The third-order valence-corrected chi connectivity index (χ3v) is 4.81. The smallest absolute Gasteiger partial charge is 0.341 e. The number of aliphatic imine (C=N–C) groups is 1. The Balaban J connectivity index is 2.09. The lowest BCUT2D eigenvalue weighted by atomic mass is 9.75. The van der Waals surface area contributed by atoms with Crippen molar-refractivity contribution in [1.29, 1.82) is 0 Å². The summed E-state index contributed by atoms with van der Waals surface area (Å²) in [6.45, 7) is 7.58. The molecule has 1 heterocycles. The fourth-order valence-electron chi connectivity index (χ4n) is 3.44. The summed E-state index contributed by atoms with van der Waals surface area (Å²) in [4.78, 5) is 28.2. The maximum atomic E-state index is 13.0. The number of nitro groups is 1. The predicted octanol–water partition coefficient (Wildman–Crippen LogP) is 4.57. The normalized spacial score (nSPS) is 19.4. The van der Waals surface area contributed by atoms with Gasteiger partial charge in [0.25, 0.3) is 5.69 Å². The van der Waals surface area contributed by atoms with Gasteiger partial charge >= 0.3 is 5.97 Å². The van der Waals surface area contributed by atoms with Gasteiger partial charge in [-0.1, -0.05) is 42.5 Å². The first-order valence-electron chi connectivity index (χ1n) is 8.85. The van der Waals surface area contributed by atoms with E-state index in [1.165, 1.54) is 12.1 Å². The summed E-state index contributed by atoms with van der Waals surface area (Å²) in [6.07, 6.45) is 4.07. The summed E-state index contributed by atoms with van der Waals surface area (Å²) >= 11 is 0. The highest BCUT2D eigenvalue weighted by Gasteiger charge is 2.51. The largest absolute Gasteiger partial charge is 0.405 e. The van der Waals surface area contributed by atoms with E-state index >= 15 is 0 Å². The van der Waals surface area contributed by atoms with Crippen LogP contribution in [-0.4, -0.2) is 22.3 Å². The molecule has 0 aromatic heterocycles. The van der Waals surface area contributed by atoms with Crippen LogP contribution in [0.15, 0.2) is 84.9 Å². The minimum absolute atomic E-state index is 0.0126. The van der Waals surface area contributed by atoms with Gasteiger partial charge in [0, 0.05) is 30.0 Å². The van der Waals surface area contributed by atoms with Gasteiger partial charge in [0.2, 0.25) is 5.90 Å². The van der Waals surface area contributed by atoms with Crippen LogP contribution in [0.25, 0.3) is 0 Å². The molecule has 0 saturated carbocycles. The van der Waals surface area contributed by atoms with Crippen molar-refractivity contribution in [3.8, 4) is 0 Å². The zero-order chi connectivity index (χ0) is 20.1. The molecule has 142 valence electrons. The molecule has 0 spiro atoms. The van der Waals surface area contributed by atoms with Crippen molar-refractivity contribution in [2.45, 2.75) is 24.3 Å². The summed E-state index contributed by atoms with van der Waals surface area (Å²) in [6, 6.07) is 15.4. The molecule has 28 heavy (non-hydrogen) atoms. The van der Waals surface area contributed by atoms with E-state index in [0.29, 0.717) is 12.0 Å². The number of nitrogens with zero attached hydrogens (tertiary/aromatic N) is 2. The van der Waals surface area contributed by atoms with Crippen molar-refractivity contribution in [3.05, 3.63) is 101 Å². The van der Waals surface area contributed by atoms with Crippen LogP contribution in [0, 0.1) is 10.1 Å². The third kappa shape index (κ3) is 3.49. The van der Waals surface area contributed by atoms with Crippen LogP contribution in [0.5, 0.6) is 0 Å². The Hall–Kier alpha value is -3.54. The Morgan fingerprint density at radius 1 is 1.11 bits per heavy atom. The molecule has 2 atom stereocenters. The van der Waals surface area contributed by atoms with Crippen LogP contribution in [0.1, 0.15) is 29.9 Å². The third-order valence-electron chi connectivity index (χ3n) is 4.81. The van der Waals surface area contributed by atoms with Crippen LogP contribution in [0.3, 0.4) is 0 Å². The molecular formula is C22H20N2O4. The molecule has 2 aromatic carbocycles. The highest BCUT2D eigenvalue weighted by molar-refractivity contribution is 6.08. The summed E-state index contributed by atoms with van der Waals surface area (Å²) < 4.78 is 5.55. The van der Waals surface area contributed by atoms with Gasteiger partial charge in [-0.25, -0.2) is 9.79 Å². The molecule has 2 aromatic rings. The van der Waals surface area contributed by atoms with Gasteiger partial charge in [-0.05, 0) is 24.1 Å². The van der Waals surface area contributed by atoms with E-state index in [9.17, 15) is 14.9 Å². The highest BCUT2D eigenvalue weighted by Crippen LogP contribution is 2.42. The van der Waals surface area contributed by atoms with Gasteiger partial charge in [0.05, 0.1) is 4.92 Å². The van der Waals surface area contributed by atoms with Crippen molar-refractivity contribution in [2.75, 3.05) is 0 Å². The van der Waals surface area contributed by atoms with Gasteiger partial charge < -0.3 is 4.74 Å². The Morgan fingerprint density at radius 3 is 2.36 bits per heavy atom. The molecular weight excluding hydrogens is 356 g/mol. The molecule has 1 aliphatic heterocycles.